The van der Waals surface area contributed by atoms with E-state index in [0.29, 0.717) is 23.9 Å². The van der Waals surface area contributed by atoms with Crippen molar-refractivity contribution in [3.8, 4) is 5.75 Å². The van der Waals surface area contributed by atoms with Gasteiger partial charge in [-0.3, -0.25) is 24.5 Å². The van der Waals surface area contributed by atoms with Crippen LogP contribution in [0.5, 0.6) is 5.75 Å². The Morgan fingerprint density at radius 1 is 0.595 bits per heavy atom. The maximum absolute atomic E-state index is 14.6. The van der Waals surface area contributed by atoms with Gasteiger partial charge in [0.2, 0.25) is 0 Å². The molecule has 0 saturated carbocycles. The topological polar surface area (TPSA) is 96.5 Å². The molecule has 13 nitrogen and oxygen atoms in total. The molecule has 9 rings (SSSR count). The summed E-state index contributed by atoms with van der Waals surface area (Å²) in [6.07, 6.45) is 7.87. The molecule has 438 valence electrons. The molecule has 15 heteroatoms. The maximum Gasteiger partial charge on any atom is 0.410 e. The molecular formula is C64H98F2N8O5. The number of carbonyl (C=O) groups is 2. The smallest absolute Gasteiger partial charge is 0.410 e. The number of rotatable bonds is 11. The van der Waals surface area contributed by atoms with Gasteiger partial charge in [0.05, 0.1) is 7.11 Å². The number of hydrogen-bond acceptors (Lipinski definition) is 11. The molecule has 0 bridgehead atoms. The number of nitrogens with zero attached hydrogens (tertiary/aromatic N) is 7. The second kappa shape index (κ2) is 26.2. The van der Waals surface area contributed by atoms with Gasteiger partial charge < -0.3 is 29.3 Å². The molecule has 6 aliphatic rings. The van der Waals surface area contributed by atoms with Crippen LogP contribution >= 0.6 is 0 Å². The average molecular weight is 1100 g/mol. The standard InChI is InChI=1S/C36H53FN4O3.C28H45FN4O2/c1-27-25-40(36(5)16-20-39(21-17-36)34(42)44-35(2,3)4)22-23-41(27)33(30-8-7-9-31(37)24-30)29-14-18-38(19-15-29)26-28-10-12-32(43-6)13-11-28;1-21-20-32(28(5)11-15-31(16-12-28)26(34)35-27(2,3)4)17-18-33(21)25(22-9-13-30-14-10-22)23-7-6-8-24(29)19-23/h7-13,24,27,29,33H,14-23,25-26H2,1-6H3;6-8,19,21-22,25,30H,9-18,20H2,1-5H3/t27-,33?;21-,25?/m00/s1. The summed E-state index contributed by atoms with van der Waals surface area (Å²) in [7, 11) is 1.70. The summed E-state index contributed by atoms with van der Waals surface area (Å²) in [4.78, 5) is 42.1. The van der Waals surface area contributed by atoms with Crippen LogP contribution in [-0.2, 0) is 16.0 Å². The van der Waals surface area contributed by atoms with Crippen LogP contribution in [-0.4, -0.2) is 180 Å². The van der Waals surface area contributed by atoms with Crippen molar-refractivity contribution in [1.82, 2.24) is 39.6 Å². The number of ether oxygens (including phenoxy) is 3. The van der Waals surface area contributed by atoms with E-state index in [-0.39, 0.29) is 47.0 Å². The third-order valence-corrected chi connectivity index (χ3v) is 18.4. The monoisotopic (exact) mass is 1100 g/mol. The molecule has 0 aliphatic carbocycles. The predicted molar refractivity (Wildman–Crippen MR) is 311 cm³/mol. The van der Waals surface area contributed by atoms with Gasteiger partial charge in [-0.25, -0.2) is 18.4 Å². The lowest BCUT2D eigenvalue weighted by molar-refractivity contribution is -0.0487. The fourth-order valence-electron chi connectivity index (χ4n) is 13.8. The van der Waals surface area contributed by atoms with Crippen molar-refractivity contribution in [1.29, 1.82) is 0 Å². The second-order valence-corrected chi connectivity index (χ2v) is 26.5. The van der Waals surface area contributed by atoms with Crippen molar-refractivity contribution in [2.24, 2.45) is 11.8 Å². The average Bonchev–Trinajstić information content (AvgIpc) is 3.45. The molecule has 79 heavy (non-hydrogen) atoms. The summed E-state index contributed by atoms with van der Waals surface area (Å²) in [5.74, 6) is 1.61. The van der Waals surface area contributed by atoms with Crippen molar-refractivity contribution in [3.63, 3.8) is 0 Å². The number of carbonyl (C=O) groups excluding carboxylic acids is 2. The zero-order valence-corrected chi connectivity index (χ0v) is 50.1. The van der Waals surface area contributed by atoms with Crippen molar-refractivity contribution < 1.29 is 32.6 Å². The van der Waals surface area contributed by atoms with E-state index in [0.717, 1.165) is 166 Å². The molecule has 1 N–H and O–H groups in total. The van der Waals surface area contributed by atoms with Crippen LogP contribution in [0.15, 0.2) is 72.8 Å². The number of piperazine rings is 2. The first-order chi connectivity index (χ1) is 37.5. The van der Waals surface area contributed by atoms with Crippen molar-refractivity contribution in [3.05, 3.63) is 101 Å². The molecule has 3 aromatic rings. The van der Waals surface area contributed by atoms with E-state index in [1.165, 1.54) is 5.56 Å². The fourth-order valence-corrected chi connectivity index (χ4v) is 13.8. The molecule has 6 aliphatic heterocycles. The van der Waals surface area contributed by atoms with Crippen LogP contribution in [0.2, 0.25) is 0 Å². The molecule has 6 heterocycles. The van der Waals surface area contributed by atoms with Gasteiger partial charge >= 0.3 is 12.2 Å². The van der Waals surface area contributed by atoms with Gasteiger partial charge in [-0.2, -0.15) is 0 Å². The van der Waals surface area contributed by atoms with E-state index in [9.17, 15) is 18.4 Å². The number of hydrogen-bond donors (Lipinski definition) is 1. The number of halogens is 2. The van der Waals surface area contributed by atoms with E-state index in [1.807, 2.05) is 75.6 Å². The summed E-state index contributed by atoms with van der Waals surface area (Å²) in [5.41, 5.74) is 2.73. The van der Waals surface area contributed by atoms with Crippen LogP contribution in [0.25, 0.3) is 0 Å². The highest BCUT2D eigenvalue weighted by Gasteiger charge is 2.45. The lowest BCUT2D eigenvalue weighted by Crippen LogP contribution is -2.63. The molecule has 4 atom stereocenters. The molecule has 2 unspecified atom stereocenters. The second-order valence-electron chi connectivity index (χ2n) is 26.5. The predicted octanol–water partition coefficient (Wildman–Crippen LogP) is 11.2. The molecule has 0 aromatic heterocycles. The van der Waals surface area contributed by atoms with Crippen LogP contribution in [0.3, 0.4) is 0 Å². The highest BCUT2D eigenvalue weighted by molar-refractivity contribution is 5.68. The van der Waals surface area contributed by atoms with Crippen LogP contribution in [0, 0.1) is 23.5 Å². The van der Waals surface area contributed by atoms with Gasteiger partial charge in [-0.15, -0.1) is 0 Å². The van der Waals surface area contributed by atoms with E-state index in [2.05, 4.69) is 81.8 Å². The number of piperidine rings is 4. The minimum Gasteiger partial charge on any atom is -0.497 e. The van der Waals surface area contributed by atoms with Gasteiger partial charge in [-0.05, 0) is 212 Å². The van der Waals surface area contributed by atoms with E-state index >= 15 is 0 Å². The summed E-state index contributed by atoms with van der Waals surface area (Å²) in [6, 6.07) is 24.2. The Morgan fingerprint density at radius 2 is 1.01 bits per heavy atom. The Balaban J connectivity index is 0.000000214. The quantitative estimate of drug-likeness (QED) is 0.199. The maximum atomic E-state index is 14.6. The Labute approximate surface area is 473 Å². The van der Waals surface area contributed by atoms with Gasteiger partial charge in [0, 0.05) is 107 Å². The first-order valence-corrected chi connectivity index (χ1v) is 30.0. The van der Waals surface area contributed by atoms with Gasteiger partial charge in [0.1, 0.15) is 28.6 Å². The molecule has 2 amide bonds. The Hall–Kier alpha value is -4.38. The molecule has 0 radical (unpaired) electrons. The number of methoxy groups -OCH3 is 1. The van der Waals surface area contributed by atoms with Crippen molar-refractivity contribution in [2.45, 2.75) is 174 Å². The van der Waals surface area contributed by atoms with Crippen molar-refractivity contribution in [2.75, 3.05) is 98.7 Å². The number of amides is 2. The first kappa shape index (κ1) is 60.7. The molecular weight excluding hydrogens is 999 g/mol. The van der Waals surface area contributed by atoms with E-state index in [1.54, 1.807) is 31.4 Å². The highest BCUT2D eigenvalue weighted by Crippen LogP contribution is 2.42. The minimum atomic E-state index is -0.477. The van der Waals surface area contributed by atoms with Gasteiger partial charge in [0.15, 0.2) is 0 Å². The summed E-state index contributed by atoms with van der Waals surface area (Å²) < 4.78 is 45.3. The van der Waals surface area contributed by atoms with Gasteiger partial charge in [0.25, 0.3) is 0 Å². The van der Waals surface area contributed by atoms with Gasteiger partial charge in [-0.1, -0.05) is 36.4 Å². The SMILES string of the molecule is COc1ccc(CN2CCC(C(c3cccc(F)c3)N3CCN(C4(C)CCN(C(=O)OC(C)(C)C)CC4)C[C@@H]3C)CC2)cc1.C[C@H]1CN(C2(C)CCN(C(=O)OC(C)(C)C)CC2)CCN1C(c1cccc(F)c1)C1CCNCC1. The summed E-state index contributed by atoms with van der Waals surface area (Å²) in [5, 5.41) is 3.49. The van der Waals surface area contributed by atoms with E-state index < -0.39 is 11.2 Å². The summed E-state index contributed by atoms with van der Waals surface area (Å²) in [6.45, 7) is 34.8. The van der Waals surface area contributed by atoms with Crippen LogP contribution in [0.1, 0.15) is 149 Å². The molecule has 6 saturated heterocycles. The lowest BCUT2D eigenvalue weighted by atomic mass is 9.82. The number of nitrogens with one attached hydrogen (secondary N) is 1. The molecule has 6 fully saturated rings. The first-order valence-electron chi connectivity index (χ1n) is 30.0. The Morgan fingerprint density at radius 3 is 1.39 bits per heavy atom. The van der Waals surface area contributed by atoms with Crippen LogP contribution in [0.4, 0.5) is 18.4 Å². The molecule has 0 spiro atoms. The van der Waals surface area contributed by atoms with Crippen molar-refractivity contribution >= 4 is 12.2 Å². The number of likely N-dealkylation sites (tertiary alicyclic amines) is 3. The Kier molecular flexibility index (Phi) is 20.2. The third-order valence-electron chi connectivity index (χ3n) is 18.4. The Bertz CT molecular complexity index is 2420. The van der Waals surface area contributed by atoms with Crippen LogP contribution < -0.4 is 10.1 Å². The zero-order chi connectivity index (χ0) is 56.7. The third kappa shape index (κ3) is 16.0. The lowest BCUT2D eigenvalue weighted by Gasteiger charge is -2.54. The highest BCUT2D eigenvalue weighted by atomic mass is 19.1. The zero-order valence-electron chi connectivity index (χ0n) is 50.1. The number of benzene rings is 3. The summed E-state index contributed by atoms with van der Waals surface area (Å²) >= 11 is 0. The molecule has 3 aromatic carbocycles. The van der Waals surface area contributed by atoms with E-state index in [4.69, 9.17) is 14.2 Å². The minimum absolute atomic E-state index is 0.0556. The largest absolute Gasteiger partial charge is 0.497 e. The fraction of sp³-hybridized carbons (Fsp3) is 0.688. The normalized spacial score (nSPS) is 24.5.